The Hall–Kier alpha value is -0.0600. The van der Waals surface area contributed by atoms with Crippen molar-refractivity contribution in [3.63, 3.8) is 0 Å². The van der Waals surface area contributed by atoms with Crippen molar-refractivity contribution in [2.45, 2.75) is 43.3 Å². The van der Waals surface area contributed by atoms with Crippen molar-refractivity contribution in [2.24, 2.45) is 5.92 Å². The molecule has 0 aromatic carbocycles. The summed E-state index contributed by atoms with van der Waals surface area (Å²) < 4.78 is 23.4. The highest BCUT2D eigenvalue weighted by Crippen LogP contribution is 2.56. The average Bonchev–Trinajstić information content (AvgIpc) is 2.49. The third kappa shape index (κ3) is 0.740. The third-order valence-electron chi connectivity index (χ3n) is 3.82. The molecule has 3 saturated heterocycles. The Morgan fingerprint density at radius 1 is 1.62 bits per heavy atom. The summed E-state index contributed by atoms with van der Waals surface area (Å²) in [5.41, 5.74) is -0.317. The molecule has 6 unspecified atom stereocenters. The van der Waals surface area contributed by atoms with Gasteiger partial charge in [-0.1, -0.05) is 6.92 Å². The predicted molar refractivity (Wildman–Crippen MR) is 51.0 cm³/mol. The topological polar surface area (TPSA) is 35.5 Å². The van der Waals surface area contributed by atoms with E-state index in [0.29, 0.717) is 5.92 Å². The van der Waals surface area contributed by atoms with E-state index in [2.05, 4.69) is 12.8 Å². The van der Waals surface area contributed by atoms with Crippen LogP contribution in [0.3, 0.4) is 0 Å². The SMILES string of the molecule is C=S1(=O)OC2C(C)C3CC1C2(C)O3. The van der Waals surface area contributed by atoms with E-state index in [4.69, 9.17) is 8.92 Å². The van der Waals surface area contributed by atoms with E-state index < -0.39 is 9.80 Å². The van der Waals surface area contributed by atoms with Gasteiger partial charge in [0.2, 0.25) is 0 Å². The number of rotatable bonds is 0. The lowest BCUT2D eigenvalue weighted by Gasteiger charge is -2.25. The van der Waals surface area contributed by atoms with Gasteiger partial charge in [0.15, 0.2) is 0 Å². The van der Waals surface area contributed by atoms with Crippen LogP contribution in [-0.2, 0) is 18.7 Å². The van der Waals surface area contributed by atoms with E-state index in [1.165, 1.54) is 0 Å². The van der Waals surface area contributed by atoms with Crippen LogP contribution in [0.25, 0.3) is 0 Å². The van der Waals surface area contributed by atoms with Gasteiger partial charge in [0.05, 0.1) is 21.2 Å². The Labute approximate surface area is 78.6 Å². The lowest BCUT2D eigenvalue weighted by atomic mass is 9.80. The Morgan fingerprint density at radius 3 is 2.85 bits per heavy atom. The quantitative estimate of drug-likeness (QED) is 0.539. The highest BCUT2D eigenvalue weighted by atomic mass is 32.2. The van der Waals surface area contributed by atoms with E-state index in [9.17, 15) is 4.21 Å². The smallest absolute Gasteiger partial charge is 0.110 e. The molecule has 0 aromatic rings. The molecule has 0 saturated carbocycles. The summed E-state index contributed by atoms with van der Waals surface area (Å²) in [5.74, 6) is 4.06. The first-order valence-electron chi connectivity index (χ1n) is 4.67. The second kappa shape index (κ2) is 1.97. The summed E-state index contributed by atoms with van der Waals surface area (Å²) in [4.78, 5) is 0. The van der Waals surface area contributed by atoms with Gasteiger partial charge >= 0.3 is 0 Å². The van der Waals surface area contributed by atoms with Gasteiger partial charge in [-0.05, 0) is 19.2 Å². The second-order valence-electron chi connectivity index (χ2n) is 4.60. The molecule has 13 heavy (non-hydrogen) atoms. The number of fused-ring (bicyclic) bond motifs is 1. The van der Waals surface area contributed by atoms with Crippen molar-refractivity contribution in [2.75, 3.05) is 0 Å². The first-order valence-corrected chi connectivity index (χ1v) is 6.39. The lowest BCUT2D eigenvalue weighted by Crippen LogP contribution is -2.43. The molecule has 3 nitrogen and oxygen atoms in total. The van der Waals surface area contributed by atoms with Crippen LogP contribution in [0.15, 0.2) is 0 Å². The molecular weight excluding hydrogens is 188 g/mol. The zero-order valence-corrected chi connectivity index (χ0v) is 8.67. The molecular formula is C9H14O3S. The number of hydrogen-bond acceptors (Lipinski definition) is 3. The first kappa shape index (κ1) is 8.26. The largest absolute Gasteiger partial charge is 0.368 e. The highest BCUT2D eigenvalue weighted by Gasteiger charge is 2.69. The minimum atomic E-state index is -2.35. The van der Waals surface area contributed by atoms with Crippen LogP contribution >= 0.6 is 0 Å². The molecule has 3 rings (SSSR count). The van der Waals surface area contributed by atoms with E-state index >= 15 is 0 Å². The summed E-state index contributed by atoms with van der Waals surface area (Å²) in [7, 11) is -2.35. The van der Waals surface area contributed by atoms with Gasteiger partial charge in [-0.3, -0.25) is 4.18 Å². The summed E-state index contributed by atoms with van der Waals surface area (Å²) in [6, 6.07) is 0. The Morgan fingerprint density at radius 2 is 2.31 bits per heavy atom. The summed E-state index contributed by atoms with van der Waals surface area (Å²) in [6.45, 7) is 4.13. The van der Waals surface area contributed by atoms with Crippen molar-refractivity contribution >= 4 is 15.7 Å². The average molecular weight is 202 g/mol. The fourth-order valence-electron chi connectivity index (χ4n) is 3.11. The zero-order valence-electron chi connectivity index (χ0n) is 7.86. The van der Waals surface area contributed by atoms with Gasteiger partial charge in [0.1, 0.15) is 11.7 Å². The number of ether oxygens (including phenoxy) is 1. The van der Waals surface area contributed by atoms with Gasteiger partial charge in [-0.15, -0.1) is 0 Å². The van der Waals surface area contributed by atoms with E-state index in [0.717, 1.165) is 6.42 Å². The molecule has 4 heteroatoms. The Bertz CT molecular complexity index is 361. The molecule has 0 amide bonds. The Kier molecular flexibility index (Phi) is 1.25. The molecule has 3 heterocycles. The summed E-state index contributed by atoms with van der Waals surface area (Å²) in [5, 5.41) is 0.0196. The number of hydrogen-bond donors (Lipinski definition) is 0. The van der Waals surface area contributed by atoms with Crippen LogP contribution in [-0.4, -0.2) is 33.1 Å². The molecule has 3 aliphatic rings. The monoisotopic (exact) mass is 202 g/mol. The normalized spacial score (nSPS) is 69.1. The Balaban J connectivity index is 2.18. The van der Waals surface area contributed by atoms with Gasteiger partial charge in [-0.2, -0.15) is 0 Å². The molecule has 0 aromatic heterocycles. The van der Waals surface area contributed by atoms with Crippen LogP contribution in [0, 0.1) is 5.92 Å². The molecule has 74 valence electrons. The van der Waals surface area contributed by atoms with Gasteiger partial charge in [0.25, 0.3) is 0 Å². The molecule has 3 fully saturated rings. The fourth-order valence-corrected chi connectivity index (χ4v) is 5.35. The molecule has 3 aliphatic heterocycles. The molecule has 0 radical (unpaired) electrons. The summed E-state index contributed by atoms with van der Waals surface area (Å²) in [6.07, 6.45) is 1.10. The van der Waals surface area contributed by atoms with Crippen molar-refractivity contribution in [3.8, 4) is 0 Å². The third-order valence-corrected chi connectivity index (χ3v) is 5.88. The zero-order chi connectivity index (χ0) is 9.43. The predicted octanol–water partition coefficient (Wildman–Crippen LogP) is 0.583. The van der Waals surface area contributed by atoms with E-state index in [1.807, 2.05) is 6.92 Å². The molecule has 2 bridgehead atoms. The second-order valence-corrected chi connectivity index (χ2v) is 6.69. The van der Waals surface area contributed by atoms with Gasteiger partial charge < -0.3 is 4.74 Å². The van der Waals surface area contributed by atoms with E-state index in [-0.39, 0.29) is 23.1 Å². The maximum Gasteiger partial charge on any atom is 0.110 e. The first-order chi connectivity index (χ1) is 5.95. The van der Waals surface area contributed by atoms with Crippen LogP contribution in [0.4, 0.5) is 0 Å². The van der Waals surface area contributed by atoms with Crippen LogP contribution in [0.2, 0.25) is 0 Å². The minimum absolute atomic E-state index is 0.00116. The van der Waals surface area contributed by atoms with Crippen molar-refractivity contribution in [1.82, 2.24) is 0 Å². The van der Waals surface area contributed by atoms with Crippen LogP contribution in [0.1, 0.15) is 20.3 Å². The lowest BCUT2D eigenvalue weighted by molar-refractivity contribution is 0.00138. The van der Waals surface area contributed by atoms with Crippen LogP contribution < -0.4 is 0 Å². The van der Waals surface area contributed by atoms with Gasteiger partial charge in [-0.25, -0.2) is 4.21 Å². The molecule has 0 N–H and O–H groups in total. The fraction of sp³-hybridized carbons (Fsp3) is 0.889. The maximum atomic E-state index is 12.0. The van der Waals surface area contributed by atoms with E-state index in [1.54, 1.807) is 0 Å². The highest BCUT2D eigenvalue weighted by molar-refractivity contribution is 7.96. The molecule has 6 atom stereocenters. The standard InChI is InChI=1S/C9H14O3S/c1-5-6-4-7-9(2,11-6)8(5)12-13(7,3)10/h5-8H,3-4H2,1-2H3. The van der Waals surface area contributed by atoms with Crippen molar-refractivity contribution in [1.29, 1.82) is 0 Å². The van der Waals surface area contributed by atoms with Crippen LogP contribution in [0.5, 0.6) is 0 Å². The summed E-state index contributed by atoms with van der Waals surface area (Å²) >= 11 is 0. The minimum Gasteiger partial charge on any atom is -0.368 e. The maximum absolute atomic E-state index is 12.0. The molecule has 0 aliphatic carbocycles. The van der Waals surface area contributed by atoms with Crippen molar-refractivity contribution in [3.05, 3.63) is 0 Å². The van der Waals surface area contributed by atoms with Crippen molar-refractivity contribution < 1.29 is 13.1 Å². The molecule has 0 spiro atoms. The van der Waals surface area contributed by atoms with Gasteiger partial charge in [0, 0.05) is 5.92 Å².